The summed E-state index contributed by atoms with van der Waals surface area (Å²) in [5.41, 5.74) is 0.507. The van der Waals surface area contributed by atoms with Crippen LogP contribution in [-0.2, 0) is 9.84 Å². The van der Waals surface area contributed by atoms with E-state index in [1.165, 1.54) is 0 Å². The number of benzene rings is 2. The van der Waals surface area contributed by atoms with Gasteiger partial charge in [0.05, 0.1) is 4.90 Å². The number of hydrogen-bond donors (Lipinski definition) is 0. The summed E-state index contributed by atoms with van der Waals surface area (Å²) >= 11 is 9.27. The van der Waals surface area contributed by atoms with E-state index in [2.05, 4.69) is 15.9 Å². The third kappa shape index (κ3) is 2.50. The van der Waals surface area contributed by atoms with Crippen LogP contribution in [0.2, 0.25) is 5.02 Å². The van der Waals surface area contributed by atoms with Crippen molar-refractivity contribution in [3.63, 3.8) is 0 Å². The second-order valence-electron chi connectivity index (χ2n) is 4.59. The molecular formula is C15H10BrClO3S. The molecule has 0 amide bonds. The highest BCUT2D eigenvalue weighted by Crippen LogP contribution is 2.35. The van der Waals surface area contributed by atoms with Crippen molar-refractivity contribution in [1.82, 2.24) is 0 Å². The highest BCUT2D eigenvalue weighted by Gasteiger charge is 2.26. The van der Waals surface area contributed by atoms with Crippen LogP contribution in [0.25, 0.3) is 11.0 Å². The molecule has 0 spiro atoms. The average molecular weight is 386 g/mol. The highest BCUT2D eigenvalue weighted by atomic mass is 79.9. The molecule has 3 nitrogen and oxygen atoms in total. The van der Waals surface area contributed by atoms with Crippen molar-refractivity contribution >= 4 is 48.3 Å². The first kappa shape index (κ1) is 14.6. The van der Waals surface area contributed by atoms with Crippen molar-refractivity contribution in [3.05, 3.63) is 57.7 Å². The largest absolute Gasteiger partial charge is 0.460 e. The molecule has 108 valence electrons. The predicted molar refractivity (Wildman–Crippen MR) is 85.6 cm³/mol. The summed E-state index contributed by atoms with van der Waals surface area (Å²) in [7, 11) is -3.66. The van der Waals surface area contributed by atoms with Crippen LogP contribution in [0.1, 0.15) is 5.76 Å². The molecule has 0 aliphatic rings. The third-order valence-corrected chi connectivity index (χ3v) is 5.86. The Morgan fingerprint density at radius 3 is 2.43 bits per heavy atom. The maximum atomic E-state index is 12.8. The summed E-state index contributed by atoms with van der Waals surface area (Å²) in [6.07, 6.45) is 0. The van der Waals surface area contributed by atoms with Gasteiger partial charge in [0.1, 0.15) is 16.2 Å². The number of rotatable bonds is 2. The zero-order valence-corrected chi connectivity index (χ0v) is 14.1. The van der Waals surface area contributed by atoms with E-state index >= 15 is 0 Å². The van der Waals surface area contributed by atoms with E-state index in [0.29, 0.717) is 21.8 Å². The molecule has 0 unspecified atom stereocenters. The Balaban J connectivity index is 2.30. The second kappa shape index (κ2) is 5.16. The van der Waals surface area contributed by atoms with Gasteiger partial charge in [-0.15, -0.1) is 0 Å². The summed E-state index contributed by atoms with van der Waals surface area (Å²) in [4.78, 5) is 0.388. The van der Waals surface area contributed by atoms with Crippen LogP contribution in [0.4, 0.5) is 0 Å². The Bertz CT molecular complexity index is 927. The van der Waals surface area contributed by atoms with Crippen LogP contribution in [0, 0.1) is 6.92 Å². The minimum Gasteiger partial charge on any atom is -0.460 e. The van der Waals surface area contributed by atoms with Gasteiger partial charge in [-0.05, 0) is 49.4 Å². The number of aryl methyl sites for hydroxylation is 1. The van der Waals surface area contributed by atoms with Gasteiger partial charge in [0.15, 0.2) is 0 Å². The fraction of sp³-hybridized carbons (Fsp3) is 0.0667. The first-order valence-corrected chi connectivity index (χ1v) is 8.74. The van der Waals surface area contributed by atoms with Gasteiger partial charge in [-0.25, -0.2) is 8.42 Å². The van der Waals surface area contributed by atoms with Crippen LogP contribution in [0.3, 0.4) is 0 Å². The summed E-state index contributed by atoms with van der Waals surface area (Å²) in [6.45, 7) is 1.64. The maximum absolute atomic E-state index is 12.8. The van der Waals surface area contributed by atoms with E-state index in [0.717, 1.165) is 4.47 Å². The molecule has 0 saturated carbocycles. The quantitative estimate of drug-likeness (QED) is 0.624. The van der Waals surface area contributed by atoms with Gasteiger partial charge in [-0.3, -0.25) is 0 Å². The van der Waals surface area contributed by atoms with Crippen LogP contribution < -0.4 is 0 Å². The molecule has 0 fully saturated rings. The van der Waals surface area contributed by atoms with E-state index in [1.807, 2.05) is 0 Å². The fourth-order valence-corrected chi connectivity index (χ4v) is 4.27. The van der Waals surface area contributed by atoms with Gasteiger partial charge in [0.2, 0.25) is 9.84 Å². The first-order valence-electron chi connectivity index (χ1n) is 6.09. The highest BCUT2D eigenvalue weighted by molar-refractivity contribution is 9.10. The van der Waals surface area contributed by atoms with Gasteiger partial charge in [-0.2, -0.15) is 0 Å². The second-order valence-corrected chi connectivity index (χ2v) is 7.82. The maximum Gasteiger partial charge on any atom is 0.210 e. The standard InChI is InChI=1S/C15H10BrClO3S/c1-9-15(13-8-11(17)4-7-14(13)20-9)21(18,19)12-5-2-10(16)3-6-12/h2-8H,1H3. The molecule has 0 saturated heterocycles. The van der Waals surface area contributed by atoms with Crippen molar-refractivity contribution in [3.8, 4) is 0 Å². The van der Waals surface area contributed by atoms with E-state index in [4.69, 9.17) is 16.0 Å². The van der Waals surface area contributed by atoms with Crippen LogP contribution >= 0.6 is 27.5 Å². The number of halogens is 2. The zero-order valence-electron chi connectivity index (χ0n) is 10.9. The smallest absolute Gasteiger partial charge is 0.210 e. The van der Waals surface area contributed by atoms with Gasteiger partial charge >= 0.3 is 0 Å². The zero-order chi connectivity index (χ0) is 15.2. The molecule has 0 radical (unpaired) electrons. The Morgan fingerprint density at radius 2 is 1.76 bits per heavy atom. The molecule has 3 rings (SSSR count). The lowest BCUT2D eigenvalue weighted by Gasteiger charge is -2.04. The summed E-state index contributed by atoms with van der Waals surface area (Å²) in [5, 5.41) is 0.971. The lowest BCUT2D eigenvalue weighted by atomic mass is 10.2. The summed E-state index contributed by atoms with van der Waals surface area (Å²) < 4.78 is 32.0. The molecule has 1 heterocycles. The molecule has 2 aromatic carbocycles. The first-order chi connectivity index (χ1) is 9.89. The van der Waals surface area contributed by atoms with Crippen molar-refractivity contribution in [1.29, 1.82) is 0 Å². The molecular weight excluding hydrogens is 376 g/mol. The fourth-order valence-electron chi connectivity index (χ4n) is 2.24. The average Bonchev–Trinajstić information content (AvgIpc) is 2.75. The number of fused-ring (bicyclic) bond motifs is 1. The van der Waals surface area contributed by atoms with Crippen LogP contribution in [0.15, 0.2) is 61.1 Å². The van der Waals surface area contributed by atoms with E-state index in [9.17, 15) is 8.42 Å². The molecule has 1 aromatic heterocycles. The van der Waals surface area contributed by atoms with Gasteiger partial charge in [-0.1, -0.05) is 27.5 Å². The van der Waals surface area contributed by atoms with Crippen LogP contribution in [0.5, 0.6) is 0 Å². The number of hydrogen-bond acceptors (Lipinski definition) is 3. The van der Waals surface area contributed by atoms with Crippen LogP contribution in [-0.4, -0.2) is 8.42 Å². The molecule has 21 heavy (non-hydrogen) atoms. The molecule has 0 aliphatic carbocycles. The van der Waals surface area contributed by atoms with Crippen molar-refractivity contribution in [2.45, 2.75) is 16.7 Å². The minimum atomic E-state index is -3.66. The topological polar surface area (TPSA) is 47.3 Å². The van der Waals surface area contributed by atoms with E-state index < -0.39 is 9.84 Å². The van der Waals surface area contributed by atoms with Crippen molar-refractivity contribution in [2.24, 2.45) is 0 Å². The molecule has 0 N–H and O–H groups in total. The summed E-state index contributed by atoms with van der Waals surface area (Å²) in [6, 6.07) is 11.5. The normalized spacial score (nSPS) is 12.0. The molecule has 0 bridgehead atoms. The predicted octanol–water partition coefficient (Wildman–Crippen LogP) is 4.99. The molecule has 0 aliphatic heterocycles. The Labute approximate surface area is 135 Å². The van der Waals surface area contributed by atoms with E-state index in [-0.39, 0.29) is 9.79 Å². The Morgan fingerprint density at radius 1 is 1.10 bits per heavy atom. The number of furan rings is 1. The number of sulfone groups is 1. The molecule has 3 aromatic rings. The Kier molecular flexibility index (Phi) is 3.59. The lowest BCUT2D eigenvalue weighted by Crippen LogP contribution is -2.02. The van der Waals surface area contributed by atoms with E-state index in [1.54, 1.807) is 49.4 Å². The molecule has 6 heteroatoms. The molecule has 0 atom stereocenters. The van der Waals surface area contributed by atoms with Gasteiger partial charge in [0.25, 0.3) is 0 Å². The Hall–Kier alpha value is -1.30. The minimum absolute atomic E-state index is 0.169. The van der Waals surface area contributed by atoms with Gasteiger partial charge in [0, 0.05) is 14.9 Å². The SMILES string of the molecule is Cc1oc2ccc(Cl)cc2c1S(=O)(=O)c1ccc(Br)cc1. The third-order valence-electron chi connectivity index (χ3n) is 3.16. The van der Waals surface area contributed by atoms with Crippen molar-refractivity contribution < 1.29 is 12.8 Å². The van der Waals surface area contributed by atoms with Gasteiger partial charge < -0.3 is 4.42 Å². The lowest BCUT2D eigenvalue weighted by molar-refractivity contribution is 0.557. The van der Waals surface area contributed by atoms with Crippen molar-refractivity contribution in [2.75, 3.05) is 0 Å². The monoisotopic (exact) mass is 384 g/mol. The summed E-state index contributed by atoms with van der Waals surface area (Å²) in [5.74, 6) is 0.357.